The number of anilines is 2. The monoisotopic (exact) mass is 407 g/mol. The van der Waals surface area contributed by atoms with E-state index in [-0.39, 0.29) is 23.4 Å². The molecule has 154 valence electrons. The van der Waals surface area contributed by atoms with E-state index in [9.17, 15) is 14.0 Å². The van der Waals surface area contributed by atoms with E-state index in [0.29, 0.717) is 43.1 Å². The Labute approximate surface area is 173 Å². The summed E-state index contributed by atoms with van der Waals surface area (Å²) in [4.78, 5) is 29.0. The normalized spacial score (nSPS) is 13.9. The van der Waals surface area contributed by atoms with Crippen LogP contribution >= 0.6 is 0 Å². The van der Waals surface area contributed by atoms with Gasteiger partial charge in [-0.15, -0.1) is 0 Å². The highest BCUT2D eigenvalue weighted by molar-refractivity contribution is 6.04. The molecule has 6 nitrogen and oxygen atoms in total. The molecule has 1 saturated heterocycles. The Hall–Kier alpha value is -3.61. The molecule has 30 heavy (non-hydrogen) atoms. The van der Waals surface area contributed by atoms with Gasteiger partial charge in [-0.3, -0.25) is 9.59 Å². The summed E-state index contributed by atoms with van der Waals surface area (Å²) in [5.41, 5.74) is 2.46. The maximum atomic E-state index is 14.0. The van der Waals surface area contributed by atoms with Gasteiger partial charge in [-0.1, -0.05) is 18.2 Å². The number of rotatable bonds is 4. The number of piperazine rings is 1. The predicted octanol–water partition coefficient (Wildman–Crippen LogP) is 3.94. The van der Waals surface area contributed by atoms with Gasteiger partial charge in [0, 0.05) is 37.4 Å². The van der Waals surface area contributed by atoms with Crippen molar-refractivity contribution in [1.29, 1.82) is 0 Å². The lowest BCUT2D eigenvalue weighted by Gasteiger charge is -2.36. The molecule has 1 aromatic heterocycles. The summed E-state index contributed by atoms with van der Waals surface area (Å²) in [7, 11) is 0. The zero-order valence-corrected chi connectivity index (χ0v) is 16.6. The van der Waals surface area contributed by atoms with Gasteiger partial charge < -0.3 is 19.5 Å². The van der Waals surface area contributed by atoms with Gasteiger partial charge in [0.25, 0.3) is 11.8 Å². The van der Waals surface area contributed by atoms with Gasteiger partial charge in [0.15, 0.2) is 5.76 Å². The van der Waals surface area contributed by atoms with Gasteiger partial charge >= 0.3 is 0 Å². The molecule has 1 aliphatic heterocycles. The van der Waals surface area contributed by atoms with E-state index in [2.05, 4.69) is 5.32 Å². The van der Waals surface area contributed by atoms with Crippen LogP contribution in [0.25, 0.3) is 0 Å². The van der Waals surface area contributed by atoms with Gasteiger partial charge in [0.05, 0.1) is 12.0 Å². The van der Waals surface area contributed by atoms with E-state index in [0.717, 1.165) is 5.56 Å². The third kappa shape index (κ3) is 4.05. The fourth-order valence-corrected chi connectivity index (χ4v) is 3.52. The Morgan fingerprint density at radius 1 is 1.00 bits per heavy atom. The van der Waals surface area contributed by atoms with Gasteiger partial charge in [-0.2, -0.15) is 0 Å². The molecule has 0 unspecified atom stereocenters. The van der Waals surface area contributed by atoms with Crippen LogP contribution in [0.15, 0.2) is 65.3 Å². The van der Waals surface area contributed by atoms with Gasteiger partial charge in [-0.05, 0) is 48.9 Å². The Morgan fingerprint density at radius 2 is 1.77 bits per heavy atom. The molecule has 0 radical (unpaired) electrons. The minimum Gasteiger partial charge on any atom is -0.459 e. The zero-order valence-electron chi connectivity index (χ0n) is 16.6. The van der Waals surface area contributed by atoms with Crippen LogP contribution in [-0.4, -0.2) is 42.9 Å². The highest BCUT2D eigenvalue weighted by Crippen LogP contribution is 2.23. The van der Waals surface area contributed by atoms with Crippen LogP contribution in [0, 0.1) is 12.7 Å². The number of aryl methyl sites for hydroxylation is 1. The van der Waals surface area contributed by atoms with Crippen LogP contribution in [0.4, 0.5) is 15.8 Å². The Bertz CT molecular complexity index is 1060. The molecule has 2 amide bonds. The van der Waals surface area contributed by atoms with Crippen molar-refractivity contribution in [3.05, 3.63) is 83.6 Å². The van der Waals surface area contributed by atoms with E-state index in [4.69, 9.17) is 4.42 Å². The van der Waals surface area contributed by atoms with Crippen molar-refractivity contribution in [3.8, 4) is 0 Å². The van der Waals surface area contributed by atoms with E-state index in [1.54, 1.807) is 53.4 Å². The molecule has 2 heterocycles. The maximum Gasteiger partial charge on any atom is 0.291 e. The van der Waals surface area contributed by atoms with Gasteiger partial charge in [0.1, 0.15) is 5.82 Å². The van der Waals surface area contributed by atoms with Gasteiger partial charge in [0.2, 0.25) is 0 Å². The average Bonchev–Trinajstić information content (AvgIpc) is 3.30. The standard InChI is InChI=1S/C23H22FN3O3/c1-16-8-9-17(15-19(16)25-22(28)21-7-4-14-30-21)23(29)27-12-10-26(11-13-27)20-6-3-2-5-18(20)24/h2-9,14-15H,10-13H2,1H3,(H,25,28). The molecule has 2 aromatic carbocycles. The van der Waals surface area contributed by atoms with E-state index in [1.807, 2.05) is 11.8 Å². The second-order valence-corrected chi connectivity index (χ2v) is 7.19. The first-order valence-electron chi connectivity index (χ1n) is 9.77. The van der Waals surface area contributed by atoms with Crippen LogP contribution in [0.1, 0.15) is 26.5 Å². The first-order chi connectivity index (χ1) is 14.5. The lowest BCUT2D eigenvalue weighted by molar-refractivity contribution is 0.0746. The molecule has 0 saturated carbocycles. The minimum atomic E-state index is -0.369. The maximum absolute atomic E-state index is 14.0. The molecule has 1 fully saturated rings. The average molecular weight is 407 g/mol. The minimum absolute atomic E-state index is 0.114. The number of nitrogens with zero attached hydrogens (tertiary/aromatic N) is 2. The number of nitrogens with one attached hydrogen (secondary N) is 1. The second-order valence-electron chi connectivity index (χ2n) is 7.19. The SMILES string of the molecule is Cc1ccc(C(=O)N2CCN(c3ccccc3F)CC2)cc1NC(=O)c1ccco1. The second kappa shape index (κ2) is 8.41. The zero-order chi connectivity index (χ0) is 21.1. The van der Waals surface area contributed by atoms with Crippen molar-refractivity contribution in [2.75, 3.05) is 36.4 Å². The Balaban J connectivity index is 1.44. The predicted molar refractivity (Wildman–Crippen MR) is 112 cm³/mol. The van der Waals surface area contributed by atoms with Crippen LogP contribution in [0.2, 0.25) is 0 Å². The molecular weight excluding hydrogens is 385 g/mol. The molecule has 0 atom stereocenters. The first kappa shape index (κ1) is 19.7. The topological polar surface area (TPSA) is 65.8 Å². The summed E-state index contributed by atoms with van der Waals surface area (Å²) in [6, 6.07) is 15.1. The van der Waals surface area contributed by atoms with E-state index < -0.39 is 0 Å². The van der Waals surface area contributed by atoms with Gasteiger partial charge in [-0.25, -0.2) is 4.39 Å². The van der Waals surface area contributed by atoms with Crippen molar-refractivity contribution in [3.63, 3.8) is 0 Å². The third-order valence-electron chi connectivity index (χ3n) is 5.24. The van der Waals surface area contributed by atoms with Crippen LogP contribution < -0.4 is 10.2 Å². The summed E-state index contributed by atoms with van der Waals surface area (Å²) in [5.74, 6) is -0.536. The van der Waals surface area contributed by atoms with Crippen molar-refractivity contribution in [1.82, 2.24) is 4.90 Å². The fraction of sp³-hybridized carbons (Fsp3) is 0.217. The molecule has 7 heteroatoms. The molecule has 1 aliphatic rings. The summed E-state index contributed by atoms with van der Waals surface area (Å²) in [6.45, 7) is 3.96. The lowest BCUT2D eigenvalue weighted by Crippen LogP contribution is -2.49. The fourth-order valence-electron chi connectivity index (χ4n) is 3.52. The molecule has 3 aromatic rings. The number of para-hydroxylation sites is 1. The Kier molecular flexibility index (Phi) is 5.52. The summed E-state index contributed by atoms with van der Waals surface area (Å²) < 4.78 is 19.1. The van der Waals surface area contributed by atoms with Crippen LogP contribution in [-0.2, 0) is 0 Å². The molecule has 0 aliphatic carbocycles. The van der Waals surface area contributed by atoms with Crippen molar-refractivity contribution in [2.45, 2.75) is 6.92 Å². The molecule has 4 rings (SSSR count). The van der Waals surface area contributed by atoms with Crippen molar-refractivity contribution < 1.29 is 18.4 Å². The largest absolute Gasteiger partial charge is 0.459 e. The quantitative estimate of drug-likeness (QED) is 0.712. The number of hydrogen-bond acceptors (Lipinski definition) is 4. The number of halogens is 1. The summed E-state index contributed by atoms with van der Waals surface area (Å²) in [6.07, 6.45) is 1.43. The highest BCUT2D eigenvalue weighted by Gasteiger charge is 2.24. The molecule has 1 N–H and O–H groups in total. The number of benzene rings is 2. The molecule has 0 spiro atoms. The lowest BCUT2D eigenvalue weighted by atomic mass is 10.1. The highest BCUT2D eigenvalue weighted by atomic mass is 19.1. The number of carbonyl (C=O) groups excluding carboxylic acids is 2. The van der Waals surface area contributed by atoms with Crippen molar-refractivity contribution >= 4 is 23.2 Å². The van der Waals surface area contributed by atoms with Crippen molar-refractivity contribution in [2.24, 2.45) is 0 Å². The smallest absolute Gasteiger partial charge is 0.291 e. The van der Waals surface area contributed by atoms with E-state index in [1.165, 1.54) is 12.3 Å². The number of amides is 2. The summed E-state index contributed by atoms with van der Waals surface area (Å²) in [5, 5.41) is 2.79. The first-order valence-corrected chi connectivity index (χ1v) is 9.77. The van der Waals surface area contributed by atoms with Crippen LogP contribution in [0.3, 0.4) is 0 Å². The summed E-state index contributed by atoms with van der Waals surface area (Å²) >= 11 is 0. The van der Waals surface area contributed by atoms with E-state index >= 15 is 0 Å². The molecular formula is C23H22FN3O3. The number of hydrogen-bond donors (Lipinski definition) is 1. The number of carbonyl (C=O) groups is 2. The Morgan fingerprint density at radius 3 is 2.47 bits per heavy atom. The number of furan rings is 1. The third-order valence-corrected chi connectivity index (χ3v) is 5.24. The van der Waals surface area contributed by atoms with Crippen LogP contribution in [0.5, 0.6) is 0 Å². The molecule has 0 bridgehead atoms.